The van der Waals surface area contributed by atoms with Crippen molar-refractivity contribution in [1.29, 1.82) is 0 Å². The lowest BCUT2D eigenvalue weighted by atomic mass is 10.1. The van der Waals surface area contributed by atoms with E-state index in [0.717, 1.165) is 3.57 Å². The van der Waals surface area contributed by atoms with Crippen molar-refractivity contribution in [2.24, 2.45) is 0 Å². The van der Waals surface area contributed by atoms with Gasteiger partial charge in [0.05, 0.1) is 24.6 Å². The standard InChI is InChI=1S/C23H24IN6O8P/c1-11(31)29-7-15(13-6-12(24)4-5-14(13)29)38-39(32,33)34-8-16-18-19(37-23(2,3)36-18)22(35-16)30-10-28-17-20(25)26-9-27-21(17)30/h4-7,9-10,16,18-19,22H,8H2,1-3H3,(H,32,33)(H2,25,26,27)/t16-,18-,19-,22-/m1/s1. The smallest absolute Gasteiger partial charge is 0.402 e. The summed E-state index contributed by atoms with van der Waals surface area (Å²) in [6, 6.07) is 5.30. The van der Waals surface area contributed by atoms with E-state index in [4.69, 9.17) is 29.0 Å². The third kappa shape index (κ3) is 4.81. The summed E-state index contributed by atoms with van der Waals surface area (Å²) in [6.07, 6.45) is 1.42. The molecule has 206 valence electrons. The van der Waals surface area contributed by atoms with Crippen molar-refractivity contribution >= 4 is 64.2 Å². The Kier molecular flexibility index (Phi) is 6.45. The normalized spacial score (nSPS) is 25.7. The number of nitrogens with zero attached hydrogens (tertiary/aromatic N) is 5. The van der Waals surface area contributed by atoms with Gasteiger partial charge in [0.15, 0.2) is 29.2 Å². The molecule has 2 aliphatic heterocycles. The number of phosphoric ester groups is 1. The molecule has 5 atom stereocenters. The van der Waals surface area contributed by atoms with Gasteiger partial charge >= 0.3 is 7.82 Å². The molecule has 3 aromatic heterocycles. The average Bonchev–Trinajstić information content (AvgIpc) is 3.59. The van der Waals surface area contributed by atoms with Gasteiger partial charge in [0.2, 0.25) is 5.91 Å². The van der Waals surface area contributed by atoms with E-state index >= 15 is 0 Å². The quantitative estimate of drug-likeness (QED) is 0.227. The minimum absolute atomic E-state index is 0.0383. The second-order valence-corrected chi connectivity index (χ2v) is 12.2. The van der Waals surface area contributed by atoms with Gasteiger partial charge in [-0.1, -0.05) is 0 Å². The molecule has 0 radical (unpaired) electrons. The van der Waals surface area contributed by atoms with Crippen molar-refractivity contribution in [3.8, 4) is 5.75 Å². The Hall–Kier alpha value is -2.66. The molecule has 2 fully saturated rings. The molecule has 4 aromatic rings. The number of carbonyl (C=O) groups excluding carboxylic acids is 1. The number of aromatic nitrogens is 5. The lowest BCUT2D eigenvalue weighted by molar-refractivity contribution is -0.199. The molecular formula is C23H24IN6O8P. The highest BCUT2D eigenvalue weighted by atomic mass is 127. The Morgan fingerprint density at radius 3 is 2.79 bits per heavy atom. The molecule has 2 saturated heterocycles. The number of nitrogen functional groups attached to an aromatic ring is 1. The van der Waals surface area contributed by atoms with Crippen molar-refractivity contribution in [2.75, 3.05) is 12.3 Å². The highest BCUT2D eigenvalue weighted by Crippen LogP contribution is 2.49. The summed E-state index contributed by atoms with van der Waals surface area (Å²) in [4.78, 5) is 35.2. The molecule has 0 aliphatic carbocycles. The summed E-state index contributed by atoms with van der Waals surface area (Å²) in [6.45, 7) is 4.56. The number of hydrogen-bond donors (Lipinski definition) is 2. The van der Waals surface area contributed by atoms with Crippen LogP contribution in [-0.2, 0) is 23.3 Å². The summed E-state index contributed by atoms with van der Waals surface area (Å²) in [5.74, 6) is -0.959. The number of imidazole rings is 1. The first kappa shape index (κ1) is 26.6. The first-order chi connectivity index (χ1) is 18.4. The van der Waals surface area contributed by atoms with E-state index in [1.807, 2.05) is 6.07 Å². The van der Waals surface area contributed by atoms with Gasteiger partial charge in [-0.15, -0.1) is 0 Å². The highest BCUT2D eigenvalue weighted by Gasteiger charge is 2.56. The van der Waals surface area contributed by atoms with E-state index in [1.165, 1.54) is 30.3 Å². The molecule has 14 nitrogen and oxygen atoms in total. The molecule has 1 unspecified atom stereocenters. The second kappa shape index (κ2) is 9.47. The van der Waals surface area contributed by atoms with Crippen LogP contribution in [0.5, 0.6) is 5.75 Å². The molecule has 0 amide bonds. The number of rotatable bonds is 6. The summed E-state index contributed by atoms with van der Waals surface area (Å²) in [5, 5.41) is 0.495. The average molecular weight is 670 g/mol. The van der Waals surface area contributed by atoms with E-state index in [9.17, 15) is 14.3 Å². The van der Waals surface area contributed by atoms with Gasteiger partial charge in [0, 0.05) is 15.9 Å². The number of anilines is 1. The number of hydrogen-bond acceptors (Lipinski definition) is 11. The first-order valence-electron chi connectivity index (χ1n) is 11.8. The zero-order valence-corrected chi connectivity index (χ0v) is 24.0. The maximum atomic E-state index is 13.0. The predicted molar refractivity (Wildman–Crippen MR) is 145 cm³/mol. The van der Waals surface area contributed by atoms with Gasteiger partial charge in [0.25, 0.3) is 0 Å². The SMILES string of the molecule is CC(=O)n1cc(OP(=O)(O)OC[C@H]2O[C@@H](n3cnc4c(N)ncnc43)[C@@H]3OC(C)(C)O[C@@H]32)c2cc(I)ccc21. The number of nitrogens with two attached hydrogens (primary N) is 1. The van der Waals surface area contributed by atoms with Crippen LogP contribution in [0.4, 0.5) is 5.82 Å². The Balaban J connectivity index is 1.24. The minimum Gasteiger partial charge on any atom is -0.402 e. The van der Waals surface area contributed by atoms with Crippen molar-refractivity contribution in [3.63, 3.8) is 0 Å². The predicted octanol–water partition coefficient (Wildman–Crippen LogP) is 3.24. The van der Waals surface area contributed by atoms with Crippen LogP contribution < -0.4 is 10.3 Å². The van der Waals surface area contributed by atoms with E-state index in [0.29, 0.717) is 22.1 Å². The summed E-state index contributed by atoms with van der Waals surface area (Å²) in [5.41, 5.74) is 7.31. The number of phosphoric acid groups is 1. The van der Waals surface area contributed by atoms with Crippen LogP contribution in [0.1, 0.15) is 31.8 Å². The van der Waals surface area contributed by atoms with Crippen molar-refractivity contribution in [3.05, 3.63) is 40.6 Å². The summed E-state index contributed by atoms with van der Waals surface area (Å²) < 4.78 is 46.0. The van der Waals surface area contributed by atoms with Crippen LogP contribution >= 0.6 is 30.4 Å². The van der Waals surface area contributed by atoms with Gasteiger partial charge < -0.3 is 24.5 Å². The molecule has 6 rings (SSSR count). The Morgan fingerprint density at radius 1 is 1.26 bits per heavy atom. The summed E-state index contributed by atoms with van der Waals surface area (Å²) in [7, 11) is -4.66. The van der Waals surface area contributed by atoms with Crippen LogP contribution in [0.25, 0.3) is 22.1 Å². The molecule has 3 N–H and O–H groups in total. The largest absolute Gasteiger partial charge is 0.527 e. The lowest BCUT2D eigenvalue weighted by Gasteiger charge is -2.25. The third-order valence-electron chi connectivity index (χ3n) is 6.47. The topological polar surface area (TPSA) is 175 Å². The number of fused-ring (bicyclic) bond motifs is 3. The molecule has 2 aliphatic rings. The highest BCUT2D eigenvalue weighted by molar-refractivity contribution is 14.1. The lowest BCUT2D eigenvalue weighted by Crippen LogP contribution is -2.32. The number of benzene rings is 1. The van der Waals surface area contributed by atoms with Gasteiger partial charge in [-0.05, 0) is 54.6 Å². The van der Waals surface area contributed by atoms with E-state index in [-0.39, 0.29) is 24.1 Å². The fraction of sp³-hybridized carbons (Fsp3) is 0.391. The van der Waals surface area contributed by atoms with E-state index in [2.05, 4.69) is 37.5 Å². The zero-order chi connectivity index (χ0) is 27.7. The molecule has 5 heterocycles. The summed E-state index contributed by atoms with van der Waals surface area (Å²) >= 11 is 2.10. The Bertz CT molecular complexity index is 1660. The Morgan fingerprint density at radius 2 is 2.03 bits per heavy atom. The van der Waals surface area contributed by atoms with Crippen LogP contribution in [-0.4, -0.2) is 65.6 Å². The zero-order valence-electron chi connectivity index (χ0n) is 20.9. The molecule has 16 heteroatoms. The maximum Gasteiger partial charge on any atom is 0.527 e. The molecule has 39 heavy (non-hydrogen) atoms. The fourth-order valence-corrected chi connectivity index (χ4v) is 6.17. The molecular weight excluding hydrogens is 646 g/mol. The maximum absolute atomic E-state index is 13.0. The number of halogens is 1. The van der Waals surface area contributed by atoms with Crippen LogP contribution in [0, 0.1) is 3.57 Å². The fourth-order valence-electron chi connectivity index (χ4n) is 4.90. The number of ether oxygens (including phenoxy) is 3. The van der Waals surface area contributed by atoms with Gasteiger partial charge in [-0.2, -0.15) is 0 Å². The van der Waals surface area contributed by atoms with Crippen molar-refractivity contribution in [2.45, 2.75) is 51.1 Å². The van der Waals surface area contributed by atoms with Crippen LogP contribution in [0.15, 0.2) is 37.1 Å². The third-order valence-corrected chi connectivity index (χ3v) is 8.05. The van der Waals surface area contributed by atoms with E-state index in [1.54, 1.807) is 30.5 Å². The first-order valence-corrected chi connectivity index (χ1v) is 14.4. The second-order valence-electron chi connectivity index (χ2n) is 9.61. The molecule has 0 saturated carbocycles. The van der Waals surface area contributed by atoms with Gasteiger partial charge in [-0.25, -0.2) is 19.5 Å². The van der Waals surface area contributed by atoms with Gasteiger partial charge in [0.1, 0.15) is 30.2 Å². The molecule has 1 aromatic carbocycles. The molecule has 0 spiro atoms. The van der Waals surface area contributed by atoms with Crippen molar-refractivity contribution < 1.29 is 37.5 Å². The minimum atomic E-state index is -4.66. The Labute approximate surface area is 235 Å². The van der Waals surface area contributed by atoms with E-state index < -0.39 is 38.1 Å². The number of carbonyl (C=O) groups is 1. The molecule has 0 bridgehead atoms. The van der Waals surface area contributed by atoms with Crippen molar-refractivity contribution in [1.82, 2.24) is 24.1 Å². The van der Waals surface area contributed by atoms with Crippen LogP contribution in [0.2, 0.25) is 0 Å². The van der Waals surface area contributed by atoms with Gasteiger partial charge in [-0.3, -0.25) is 23.3 Å². The van der Waals surface area contributed by atoms with Crippen LogP contribution in [0.3, 0.4) is 0 Å². The monoisotopic (exact) mass is 670 g/mol.